The van der Waals surface area contributed by atoms with Gasteiger partial charge in [0, 0.05) is 35.4 Å². The van der Waals surface area contributed by atoms with E-state index in [0.29, 0.717) is 0 Å². The molecule has 2 rings (SSSR count). The van der Waals surface area contributed by atoms with Gasteiger partial charge in [-0.1, -0.05) is 6.07 Å². The van der Waals surface area contributed by atoms with Crippen LogP contribution in [0.2, 0.25) is 0 Å². The fourth-order valence-electron chi connectivity index (χ4n) is 1.25. The first-order valence-electron chi connectivity index (χ1n) is 4.40. The van der Waals surface area contributed by atoms with Gasteiger partial charge in [-0.05, 0) is 12.1 Å². The van der Waals surface area contributed by atoms with Crippen LogP contribution in [0.1, 0.15) is 16.6 Å². The molecule has 1 atom stereocenters. The molecule has 0 aliphatic rings. The Morgan fingerprint density at radius 1 is 1.43 bits per heavy atom. The lowest BCUT2D eigenvalue weighted by Crippen LogP contribution is -2.12. The molecule has 0 bridgehead atoms. The summed E-state index contributed by atoms with van der Waals surface area (Å²) in [5.41, 5.74) is 8.82. The minimum atomic E-state index is 0.0115. The fourth-order valence-corrected chi connectivity index (χ4v) is 1.88. The topological polar surface area (TPSA) is 51.8 Å². The zero-order valence-corrected chi connectivity index (χ0v) is 8.45. The van der Waals surface area contributed by atoms with Crippen LogP contribution in [0, 0.1) is 0 Å². The predicted molar refractivity (Wildman–Crippen MR) is 57.0 cm³/mol. The van der Waals surface area contributed by atoms with E-state index in [1.165, 1.54) is 0 Å². The smallest absolute Gasteiger partial charge is 0.0794 e. The van der Waals surface area contributed by atoms with Crippen LogP contribution in [-0.4, -0.2) is 9.97 Å². The number of rotatable bonds is 3. The summed E-state index contributed by atoms with van der Waals surface area (Å²) < 4.78 is 0. The minimum Gasteiger partial charge on any atom is -0.323 e. The molecule has 2 N–H and O–H groups in total. The highest BCUT2D eigenvalue weighted by molar-refractivity contribution is 7.09. The average molecular weight is 205 g/mol. The van der Waals surface area contributed by atoms with Crippen molar-refractivity contribution in [3.05, 3.63) is 46.7 Å². The van der Waals surface area contributed by atoms with E-state index in [2.05, 4.69) is 9.97 Å². The Bertz CT molecular complexity index is 372. The summed E-state index contributed by atoms with van der Waals surface area (Å²) in [7, 11) is 0. The van der Waals surface area contributed by atoms with Gasteiger partial charge in [0.2, 0.25) is 0 Å². The van der Waals surface area contributed by atoms with Crippen molar-refractivity contribution in [1.82, 2.24) is 9.97 Å². The maximum atomic E-state index is 6.00. The number of nitrogens with zero attached hydrogens (tertiary/aromatic N) is 2. The maximum Gasteiger partial charge on any atom is 0.0794 e. The lowest BCUT2D eigenvalue weighted by molar-refractivity contribution is 0.718. The van der Waals surface area contributed by atoms with E-state index in [4.69, 9.17) is 5.73 Å². The third kappa shape index (κ3) is 2.16. The zero-order valence-electron chi connectivity index (χ0n) is 7.63. The Morgan fingerprint density at radius 3 is 3.00 bits per heavy atom. The Labute approximate surface area is 86.6 Å². The highest BCUT2D eigenvalue weighted by Gasteiger charge is 2.08. The highest BCUT2D eigenvalue weighted by Crippen LogP contribution is 2.17. The van der Waals surface area contributed by atoms with Gasteiger partial charge in [-0.3, -0.25) is 9.97 Å². The summed E-state index contributed by atoms with van der Waals surface area (Å²) in [5.74, 6) is 0. The van der Waals surface area contributed by atoms with E-state index < -0.39 is 0 Å². The molecular weight excluding hydrogens is 194 g/mol. The van der Waals surface area contributed by atoms with Crippen LogP contribution in [0.15, 0.2) is 36.1 Å². The van der Waals surface area contributed by atoms with E-state index in [0.717, 1.165) is 17.0 Å². The maximum absolute atomic E-state index is 6.00. The van der Waals surface area contributed by atoms with E-state index in [1.807, 2.05) is 24.4 Å². The van der Waals surface area contributed by atoms with Crippen molar-refractivity contribution < 1.29 is 0 Å². The number of nitrogens with two attached hydrogens (primary N) is 1. The number of hydrogen-bond acceptors (Lipinski definition) is 4. The molecule has 2 aromatic rings. The van der Waals surface area contributed by atoms with Gasteiger partial charge < -0.3 is 5.73 Å². The second-order valence-corrected chi connectivity index (χ2v) is 3.95. The number of hydrogen-bond donors (Lipinski definition) is 1. The van der Waals surface area contributed by atoms with Gasteiger partial charge in [0.05, 0.1) is 5.51 Å². The van der Waals surface area contributed by atoms with Gasteiger partial charge in [-0.2, -0.15) is 0 Å². The second kappa shape index (κ2) is 4.30. The van der Waals surface area contributed by atoms with Crippen LogP contribution in [-0.2, 0) is 6.42 Å². The van der Waals surface area contributed by atoms with Crippen molar-refractivity contribution in [1.29, 1.82) is 0 Å². The van der Waals surface area contributed by atoms with Gasteiger partial charge in [-0.15, -0.1) is 11.3 Å². The fraction of sp³-hybridized carbons (Fsp3) is 0.200. The summed E-state index contributed by atoms with van der Waals surface area (Å²) in [4.78, 5) is 9.34. The normalized spacial score (nSPS) is 12.6. The standard InChI is InChI=1S/C10H11N3S/c11-9(10-6-12-7-14-10)5-8-3-1-2-4-13-8/h1-4,6-7,9H,5,11H2. The van der Waals surface area contributed by atoms with Gasteiger partial charge in [-0.25, -0.2) is 0 Å². The van der Waals surface area contributed by atoms with Crippen molar-refractivity contribution in [2.24, 2.45) is 5.73 Å². The number of pyridine rings is 1. The molecule has 0 amide bonds. The van der Waals surface area contributed by atoms with Crippen molar-refractivity contribution in [3.8, 4) is 0 Å². The van der Waals surface area contributed by atoms with E-state index in [-0.39, 0.29) is 6.04 Å². The Hall–Kier alpha value is -1.26. The quantitative estimate of drug-likeness (QED) is 0.831. The van der Waals surface area contributed by atoms with Gasteiger partial charge in [0.15, 0.2) is 0 Å². The van der Waals surface area contributed by atoms with E-state index in [9.17, 15) is 0 Å². The molecular formula is C10H11N3S. The largest absolute Gasteiger partial charge is 0.323 e. The molecule has 0 saturated carbocycles. The molecule has 72 valence electrons. The van der Waals surface area contributed by atoms with Crippen LogP contribution in [0.25, 0.3) is 0 Å². The third-order valence-corrected chi connectivity index (χ3v) is 2.88. The molecule has 0 radical (unpaired) electrons. The molecule has 14 heavy (non-hydrogen) atoms. The molecule has 0 spiro atoms. The summed E-state index contributed by atoms with van der Waals surface area (Å²) in [6, 6.07) is 5.88. The molecule has 1 unspecified atom stereocenters. The molecule has 0 aromatic carbocycles. The molecule has 2 heterocycles. The lowest BCUT2D eigenvalue weighted by atomic mass is 10.1. The Balaban J connectivity index is 2.06. The van der Waals surface area contributed by atoms with E-state index in [1.54, 1.807) is 23.0 Å². The van der Waals surface area contributed by atoms with Gasteiger partial charge >= 0.3 is 0 Å². The summed E-state index contributed by atoms with van der Waals surface area (Å²) in [6.45, 7) is 0. The first-order valence-corrected chi connectivity index (χ1v) is 5.28. The van der Waals surface area contributed by atoms with Crippen molar-refractivity contribution in [3.63, 3.8) is 0 Å². The highest BCUT2D eigenvalue weighted by atomic mass is 32.1. The molecule has 3 nitrogen and oxygen atoms in total. The monoisotopic (exact) mass is 205 g/mol. The molecule has 4 heteroatoms. The van der Waals surface area contributed by atoms with Crippen LogP contribution < -0.4 is 5.73 Å². The van der Waals surface area contributed by atoms with Crippen molar-refractivity contribution in [2.45, 2.75) is 12.5 Å². The first kappa shape index (κ1) is 9.30. The van der Waals surface area contributed by atoms with E-state index >= 15 is 0 Å². The van der Waals surface area contributed by atoms with Crippen LogP contribution in [0.5, 0.6) is 0 Å². The van der Waals surface area contributed by atoms with Crippen LogP contribution in [0.3, 0.4) is 0 Å². The van der Waals surface area contributed by atoms with Gasteiger partial charge in [0.1, 0.15) is 0 Å². The second-order valence-electron chi connectivity index (χ2n) is 3.04. The Morgan fingerprint density at radius 2 is 2.36 bits per heavy atom. The third-order valence-electron chi connectivity index (χ3n) is 1.97. The van der Waals surface area contributed by atoms with Crippen molar-refractivity contribution in [2.75, 3.05) is 0 Å². The first-order chi connectivity index (χ1) is 6.86. The van der Waals surface area contributed by atoms with Gasteiger partial charge in [0.25, 0.3) is 0 Å². The zero-order chi connectivity index (χ0) is 9.80. The Kier molecular flexibility index (Phi) is 2.86. The SMILES string of the molecule is NC(Cc1ccccn1)c1cncs1. The predicted octanol–water partition coefficient (Wildman–Crippen LogP) is 1.78. The summed E-state index contributed by atoms with van der Waals surface area (Å²) in [6.07, 6.45) is 4.37. The molecule has 2 aromatic heterocycles. The summed E-state index contributed by atoms with van der Waals surface area (Å²) >= 11 is 1.59. The lowest BCUT2D eigenvalue weighted by Gasteiger charge is -2.07. The molecule has 0 aliphatic heterocycles. The minimum absolute atomic E-state index is 0.0115. The molecule has 0 aliphatic carbocycles. The van der Waals surface area contributed by atoms with Crippen LogP contribution >= 0.6 is 11.3 Å². The summed E-state index contributed by atoms with van der Waals surface area (Å²) in [5, 5.41) is 0. The van der Waals surface area contributed by atoms with Crippen molar-refractivity contribution >= 4 is 11.3 Å². The number of aromatic nitrogens is 2. The molecule has 0 fully saturated rings. The number of thiazole rings is 1. The average Bonchev–Trinajstić information content (AvgIpc) is 2.72. The van der Waals surface area contributed by atoms with Crippen LogP contribution in [0.4, 0.5) is 0 Å². The molecule has 0 saturated heterocycles.